The molecule has 0 aliphatic carbocycles. The second kappa shape index (κ2) is 5.77. The van der Waals surface area contributed by atoms with Gasteiger partial charge in [-0.2, -0.15) is 0 Å². The van der Waals surface area contributed by atoms with Crippen molar-refractivity contribution in [1.29, 1.82) is 0 Å². The van der Waals surface area contributed by atoms with E-state index in [0.717, 1.165) is 0 Å². The van der Waals surface area contributed by atoms with Gasteiger partial charge in [0.05, 0.1) is 17.9 Å². The van der Waals surface area contributed by atoms with Gasteiger partial charge in [0, 0.05) is 24.1 Å². The molecule has 1 aliphatic heterocycles. The predicted octanol–water partition coefficient (Wildman–Crippen LogP) is 1.92. The maximum Gasteiger partial charge on any atom is 0.325 e. The van der Waals surface area contributed by atoms with Crippen molar-refractivity contribution >= 4 is 22.6 Å². The number of ketones is 1. The number of esters is 1. The normalized spacial score (nSPS) is 20.8. The van der Waals surface area contributed by atoms with Crippen molar-refractivity contribution in [2.24, 2.45) is 0 Å². The number of nitrogens with zero attached hydrogens (tertiary/aromatic N) is 1. The largest absolute Gasteiger partial charge is 0.468 e. The van der Waals surface area contributed by atoms with Gasteiger partial charge >= 0.3 is 5.97 Å². The predicted molar refractivity (Wildman–Crippen MR) is 85.8 cm³/mol. The molecule has 0 amide bonds. The van der Waals surface area contributed by atoms with Gasteiger partial charge in [0.2, 0.25) is 0 Å². The van der Waals surface area contributed by atoms with Gasteiger partial charge in [0.1, 0.15) is 5.03 Å². The Morgan fingerprint density at radius 1 is 1.17 bits per heavy atom. The molecule has 6 heteroatoms. The van der Waals surface area contributed by atoms with Gasteiger partial charge in [0.25, 0.3) is 0 Å². The van der Waals surface area contributed by atoms with Crippen LogP contribution in [0.1, 0.15) is 22.5 Å². The number of hydrogen-bond donors (Lipinski definition) is 0. The van der Waals surface area contributed by atoms with Crippen molar-refractivity contribution in [2.45, 2.75) is 23.4 Å². The molecule has 5 nitrogen and oxygen atoms in total. The van der Waals surface area contributed by atoms with Crippen molar-refractivity contribution in [3.63, 3.8) is 0 Å². The number of hydrogen-bond acceptors (Lipinski definition) is 4. The maximum atomic E-state index is 13.1. The summed E-state index contributed by atoms with van der Waals surface area (Å²) in [6.45, 7) is 0.463. The van der Waals surface area contributed by atoms with Gasteiger partial charge in [-0.3, -0.25) is 13.8 Å². The fourth-order valence-corrected chi connectivity index (χ4v) is 4.01. The summed E-state index contributed by atoms with van der Waals surface area (Å²) in [5.74, 6) is -0.855. The van der Waals surface area contributed by atoms with Crippen LogP contribution < -0.4 is 0 Å². The van der Waals surface area contributed by atoms with Crippen molar-refractivity contribution in [2.75, 3.05) is 13.4 Å². The average Bonchev–Trinajstić information content (AvgIpc) is 3.14. The van der Waals surface area contributed by atoms with Gasteiger partial charge in [-0.05, 0) is 18.6 Å². The molecule has 120 valence electrons. The first-order valence-corrected chi connectivity index (χ1v) is 8.80. The number of ether oxygens (including phenoxy) is 1. The molecule has 2 heterocycles. The van der Waals surface area contributed by atoms with Crippen LogP contribution in [0.4, 0.5) is 0 Å². The van der Waals surface area contributed by atoms with E-state index in [4.69, 9.17) is 4.74 Å². The van der Waals surface area contributed by atoms with Crippen molar-refractivity contribution in [1.82, 2.24) is 4.57 Å². The number of methoxy groups -OCH3 is 1. The molecule has 2 aromatic rings. The van der Waals surface area contributed by atoms with Crippen LogP contribution >= 0.6 is 0 Å². The molecule has 0 fully saturated rings. The molecule has 3 rings (SSSR count). The molecule has 23 heavy (non-hydrogen) atoms. The summed E-state index contributed by atoms with van der Waals surface area (Å²) in [5, 5.41) is 0.617. The minimum Gasteiger partial charge on any atom is -0.468 e. The summed E-state index contributed by atoms with van der Waals surface area (Å²) in [4.78, 5) is 25.7. The van der Waals surface area contributed by atoms with E-state index in [9.17, 15) is 13.8 Å². The first-order valence-electron chi connectivity index (χ1n) is 7.24. The van der Waals surface area contributed by atoms with Crippen molar-refractivity contribution < 1.29 is 18.5 Å². The fraction of sp³-hybridized carbons (Fsp3) is 0.294. The molecule has 0 radical (unpaired) electrons. The standard InChI is InChI=1S/C17H17NO4S/c1-22-16(20)17(15(19)12-6-4-3-5-7-12)10-11-18-13(17)8-9-14(18)23(2)21/h3-9H,10-11H2,1-2H3. The van der Waals surface area contributed by atoms with Crippen LogP contribution in [0.25, 0.3) is 0 Å². The highest BCUT2D eigenvalue weighted by molar-refractivity contribution is 7.84. The van der Waals surface area contributed by atoms with Crippen LogP contribution in [0, 0.1) is 0 Å². The van der Waals surface area contributed by atoms with Gasteiger partial charge < -0.3 is 9.30 Å². The van der Waals surface area contributed by atoms with Crippen molar-refractivity contribution in [3.05, 3.63) is 53.7 Å². The summed E-state index contributed by atoms with van der Waals surface area (Å²) in [5.41, 5.74) is -0.344. The number of fused-ring (bicyclic) bond motifs is 1. The summed E-state index contributed by atoms with van der Waals surface area (Å²) in [6, 6.07) is 12.1. The van der Waals surface area contributed by atoms with Crippen LogP contribution in [0.3, 0.4) is 0 Å². The molecular weight excluding hydrogens is 314 g/mol. The Balaban J connectivity index is 2.18. The summed E-state index contributed by atoms with van der Waals surface area (Å²) in [6.07, 6.45) is 1.90. The molecular formula is C17H17NO4S. The zero-order valence-electron chi connectivity index (χ0n) is 12.9. The zero-order valence-corrected chi connectivity index (χ0v) is 13.8. The Bertz CT molecular complexity index is 796. The summed E-state index contributed by atoms with van der Waals surface area (Å²) >= 11 is 0. The SMILES string of the molecule is COC(=O)C1(C(=O)c2ccccc2)CCn2c(S(C)=O)ccc21. The molecule has 1 aliphatic rings. The summed E-state index contributed by atoms with van der Waals surface area (Å²) in [7, 11) is 0.0985. The number of aromatic nitrogens is 1. The number of benzene rings is 1. The molecule has 1 aromatic carbocycles. The highest BCUT2D eigenvalue weighted by Crippen LogP contribution is 2.41. The molecule has 0 bridgehead atoms. The van der Waals surface area contributed by atoms with Crippen LogP contribution in [-0.2, 0) is 32.3 Å². The molecule has 0 N–H and O–H groups in total. The van der Waals surface area contributed by atoms with Gasteiger partial charge in [-0.15, -0.1) is 0 Å². The van der Waals surface area contributed by atoms with Crippen LogP contribution in [0.5, 0.6) is 0 Å². The Morgan fingerprint density at radius 2 is 1.87 bits per heavy atom. The molecule has 1 aromatic heterocycles. The zero-order chi connectivity index (χ0) is 16.6. The Labute approximate surface area is 136 Å². The fourth-order valence-electron chi connectivity index (χ4n) is 3.25. The van der Waals surface area contributed by atoms with E-state index in [-0.39, 0.29) is 5.78 Å². The van der Waals surface area contributed by atoms with E-state index in [1.807, 2.05) is 6.07 Å². The van der Waals surface area contributed by atoms with Gasteiger partial charge in [-0.25, -0.2) is 0 Å². The van der Waals surface area contributed by atoms with E-state index in [0.29, 0.717) is 29.2 Å². The van der Waals surface area contributed by atoms with Crippen LogP contribution in [0.15, 0.2) is 47.5 Å². The number of rotatable bonds is 4. The third kappa shape index (κ3) is 2.25. The lowest BCUT2D eigenvalue weighted by Gasteiger charge is -2.24. The lowest BCUT2D eigenvalue weighted by Crippen LogP contribution is -2.43. The molecule has 0 spiro atoms. The first-order chi connectivity index (χ1) is 11.0. The van der Waals surface area contributed by atoms with E-state index in [1.165, 1.54) is 7.11 Å². The lowest BCUT2D eigenvalue weighted by molar-refractivity contribution is -0.145. The smallest absolute Gasteiger partial charge is 0.325 e. The van der Waals surface area contributed by atoms with Crippen LogP contribution in [-0.4, -0.2) is 33.9 Å². The molecule has 0 saturated heterocycles. The van der Waals surface area contributed by atoms with E-state index >= 15 is 0 Å². The minimum absolute atomic E-state index is 0.282. The number of carbonyl (C=O) groups is 2. The van der Waals surface area contributed by atoms with Crippen LogP contribution in [0.2, 0.25) is 0 Å². The molecule has 2 atom stereocenters. The third-order valence-electron chi connectivity index (χ3n) is 4.34. The number of Topliss-reactive ketones (excluding diaryl/α,β-unsaturated/α-hetero) is 1. The first kappa shape index (κ1) is 15.7. The summed E-state index contributed by atoms with van der Waals surface area (Å²) < 4.78 is 18.6. The quantitative estimate of drug-likeness (QED) is 0.488. The second-order valence-corrected chi connectivity index (χ2v) is 6.83. The highest BCUT2D eigenvalue weighted by Gasteiger charge is 2.54. The highest BCUT2D eigenvalue weighted by atomic mass is 32.2. The third-order valence-corrected chi connectivity index (χ3v) is 5.29. The Hall–Kier alpha value is -2.21. The van der Waals surface area contributed by atoms with Gasteiger partial charge in [-0.1, -0.05) is 30.3 Å². The van der Waals surface area contributed by atoms with Gasteiger partial charge in [0.15, 0.2) is 11.2 Å². The van der Waals surface area contributed by atoms with E-state index in [1.54, 1.807) is 47.2 Å². The average molecular weight is 331 g/mol. The molecule has 0 saturated carbocycles. The monoisotopic (exact) mass is 331 g/mol. The number of carbonyl (C=O) groups excluding carboxylic acids is 2. The lowest BCUT2D eigenvalue weighted by atomic mass is 9.76. The maximum absolute atomic E-state index is 13.1. The van der Waals surface area contributed by atoms with E-state index < -0.39 is 22.2 Å². The Morgan fingerprint density at radius 3 is 2.48 bits per heavy atom. The topological polar surface area (TPSA) is 65.4 Å². The van der Waals surface area contributed by atoms with Crippen molar-refractivity contribution in [3.8, 4) is 0 Å². The second-order valence-electron chi connectivity index (χ2n) is 5.50. The van der Waals surface area contributed by atoms with E-state index in [2.05, 4.69) is 0 Å². The Kier molecular flexibility index (Phi) is 3.93. The minimum atomic E-state index is -1.37. The molecule has 2 unspecified atom stereocenters.